The predicted octanol–water partition coefficient (Wildman–Crippen LogP) is 1.15. The van der Waals surface area contributed by atoms with Crippen LogP contribution in [0.4, 0.5) is 5.69 Å². The zero-order valence-corrected chi connectivity index (χ0v) is 10.9. The molecule has 0 heterocycles. The van der Waals surface area contributed by atoms with E-state index in [9.17, 15) is 9.59 Å². The molecule has 0 unspecified atom stereocenters. The number of hydrogen-bond acceptors (Lipinski definition) is 5. The van der Waals surface area contributed by atoms with Gasteiger partial charge in [0, 0.05) is 5.56 Å². The van der Waals surface area contributed by atoms with Gasteiger partial charge in [-0.15, -0.1) is 0 Å². The van der Waals surface area contributed by atoms with Crippen molar-refractivity contribution in [2.45, 2.75) is 0 Å². The van der Waals surface area contributed by atoms with Gasteiger partial charge in [0.25, 0.3) is 0 Å². The molecule has 6 heteroatoms. The molecule has 0 aliphatic rings. The molecule has 1 N–H and O–H groups in total. The Labute approximate surface area is 115 Å². The van der Waals surface area contributed by atoms with Crippen LogP contribution in [0, 0.1) is 18.4 Å². The molecular weight excluding hydrogens is 262 g/mol. The largest absolute Gasteiger partial charge is 0.465 e. The van der Waals surface area contributed by atoms with E-state index >= 15 is 0 Å². The Morgan fingerprint density at radius 1 is 1.25 bits per heavy atom. The number of ether oxygens (including phenoxy) is 2. The minimum atomic E-state index is -0.753. The van der Waals surface area contributed by atoms with E-state index in [0.29, 0.717) is 0 Å². The number of carbonyl (C=O) groups is 2. The average Bonchev–Trinajstić information content (AvgIpc) is 2.50. The molecular formula is C14H11NO5. The molecule has 1 aromatic carbocycles. The number of aliphatic hydroxyl groups excluding tert-OH is 1. The molecule has 0 amide bonds. The monoisotopic (exact) mass is 273 g/mol. The number of aliphatic hydroxyl groups is 1. The Kier molecular flexibility index (Phi) is 5.28. The fourth-order valence-electron chi connectivity index (χ4n) is 1.47. The summed E-state index contributed by atoms with van der Waals surface area (Å²) in [5, 5.41) is 8.68. The maximum absolute atomic E-state index is 11.7. The fourth-order valence-corrected chi connectivity index (χ4v) is 1.47. The second-order valence-corrected chi connectivity index (χ2v) is 3.47. The van der Waals surface area contributed by atoms with Gasteiger partial charge in [-0.25, -0.2) is 14.4 Å². The second-order valence-electron chi connectivity index (χ2n) is 3.47. The normalized spacial score (nSPS) is 8.90. The van der Waals surface area contributed by atoms with Crippen LogP contribution >= 0.6 is 0 Å². The highest BCUT2D eigenvalue weighted by atomic mass is 16.5. The van der Waals surface area contributed by atoms with E-state index in [1.807, 2.05) is 0 Å². The molecule has 0 fully saturated rings. The van der Waals surface area contributed by atoms with Gasteiger partial charge in [0.05, 0.1) is 31.9 Å². The maximum Gasteiger partial charge on any atom is 0.338 e. The van der Waals surface area contributed by atoms with E-state index in [4.69, 9.17) is 11.7 Å². The van der Waals surface area contributed by atoms with Crippen LogP contribution in [0.15, 0.2) is 12.1 Å². The van der Waals surface area contributed by atoms with Gasteiger partial charge >= 0.3 is 11.9 Å². The summed E-state index contributed by atoms with van der Waals surface area (Å²) in [6, 6.07) is 2.49. The topological polar surface area (TPSA) is 77.2 Å². The number of rotatable bonds is 2. The van der Waals surface area contributed by atoms with Crippen molar-refractivity contribution in [3.05, 3.63) is 40.2 Å². The Morgan fingerprint density at radius 3 is 2.25 bits per heavy atom. The Bertz CT molecular complexity index is 646. The highest BCUT2D eigenvalue weighted by Gasteiger charge is 2.21. The van der Waals surface area contributed by atoms with E-state index in [0.717, 1.165) is 0 Å². The minimum Gasteiger partial charge on any atom is -0.465 e. The third-order valence-electron chi connectivity index (χ3n) is 2.37. The first kappa shape index (κ1) is 15.2. The molecule has 0 radical (unpaired) electrons. The number of nitrogens with zero attached hydrogens (tertiary/aromatic N) is 1. The Hall–Kier alpha value is -2.83. The van der Waals surface area contributed by atoms with Gasteiger partial charge in [0.2, 0.25) is 5.69 Å². The van der Waals surface area contributed by atoms with Crippen LogP contribution in [0.1, 0.15) is 26.3 Å². The lowest BCUT2D eigenvalue weighted by Gasteiger charge is -2.08. The zero-order chi connectivity index (χ0) is 15.1. The molecule has 0 aliphatic heterocycles. The average molecular weight is 273 g/mol. The predicted molar refractivity (Wildman–Crippen MR) is 69.3 cm³/mol. The highest BCUT2D eigenvalue weighted by Crippen LogP contribution is 2.25. The number of methoxy groups -OCH3 is 2. The number of benzene rings is 1. The van der Waals surface area contributed by atoms with Gasteiger partial charge in [-0.1, -0.05) is 11.8 Å². The first-order valence-corrected chi connectivity index (χ1v) is 5.40. The van der Waals surface area contributed by atoms with Crippen LogP contribution in [0.3, 0.4) is 0 Å². The summed E-state index contributed by atoms with van der Waals surface area (Å²) in [4.78, 5) is 26.5. The van der Waals surface area contributed by atoms with E-state index < -0.39 is 11.9 Å². The maximum atomic E-state index is 11.7. The van der Waals surface area contributed by atoms with Gasteiger partial charge in [-0.2, -0.15) is 0 Å². The number of carbonyl (C=O) groups excluding carboxylic acids is 2. The molecule has 102 valence electrons. The summed E-state index contributed by atoms with van der Waals surface area (Å²) in [6.45, 7) is 6.68. The van der Waals surface area contributed by atoms with E-state index in [1.165, 1.54) is 26.4 Å². The molecule has 0 bridgehead atoms. The van der Waals surface area contributed by atoms with Gasteiger partial charge in [-0.05, 0) is 12.1 Å². The molecule has 6 nitrogen and oxygen atoms in total. The van der Waals surface area contributed by atoms with Crippen molar-refractivity contribution >= 4 is 17.6 Å². The highest BCUT2D eigenvalue weighted by molar-refractivity contribution is 6.04. The lowest BCUT2D eigenvalue weighted by molar-refractivity contribution is 0.0555. The van der Waals surface area contributed by atoms with Crippen molar-refractivity contribution < 1.29 is 24.2 Å². The summed E-state index contributed by atoms with van der Waals surface area (Å²) in [6.07, 6.45) is 0. The number of hydrogen-bond donors (Lipinski definition) is 1. The minimum absolute atomic E-state index is 0.0472. The Balaban J connectivity index is 3.57. The first-order chi connectivity index (χ1) is 9.58. The van der Waals surface area contributed by atoms with E-state index in [-0.39, 0.29) is 29.0 Å². The van der Waals surface area contributed by atoms with Crippen molar-refractivity contribution in [1.29, 1.82) is 0 Å². The molecule has 20 heavy (non-hydrogen) atoms. The van der Waals surface area contributed by atoms with Crippen LogP contribution in [0.2, 0.25) is 0 Å². The Morgan fingerprint density at radius 2 is 1.80 bits per heavy atom. The fraction of sp³-hybridized carbons (Fsp3) is 0.214. The van der Waals surface area contributed by atoms with Gasteiger partial charge < -0.3 is 14.6 Å². The summed E-state index contributed by atoms with van der Waals surface area (Å²) in [5.74, 6) is 3.43. The molecule has 0 atom stereocenters. The standard InChI is InChI=1S/C14H11NO5/c1-15-12-8-11(14(18)20-3)10(13(17)19-2)7-9(12)5-4-6-16/h7-8,16H,6H2,2-3H3. The van der Waals surface area contributed by atoms with Gasteiger partial charge in [-0.3, -0.25) is 0 Å². The molecule has 0 saturated heterocycles. The SMILES string of the molecule is [C-]#[N+]c1cc(C(=O)OC)c(C(=O)OC)cc1C#CCO. The zero-order valence-electron chi connectivity index (χ0n) is 10.9. The van der Waals surface area contributed by atoms with E-state index in [1.54, 1.807) is 0 Å². The third-order valence-corrected chi connectivity index (χ3v) is 2.37. The smallest absolute Gasteiger partial charge is 0.338 e. The molecule has 1 aromatic rings. The summed E-state index contributed by atoms with van der Waals surface area (Å²) in [5.41, 5.74) is 0.190. The van der Waals surface area contributed by atoms with Gasteiger partial charge in [0.1, 0.15) is 6.61 Å². The summed E-state index contributed by atoms with van der Waals surface area (Å²) < 4.78 is 9.15. The molecule has 0 saturated carbocycles. The van der Waals surface area contributed by atoms with Crippen molar-refractivity contribution in [2.75, 3.05) is 20.8 Å². The van der Waals surface area contributed by atoms with Gasteiger partial charge in [0.15, 0.2) is 0 Å². The van der Waals surface area contributed by atoms with Crippen LogP contribution < -0.4 is 0 Å². The third kappa shape index (κ3) is 3.14. The van der Waals surface area contributed by atoms with E-state index in [2.05, 4.69) is 26.2 Å². The first-order valence-electron chi connectivity index (χ1n) is 5.40. The molecule has 0 aromatic heterocycles. The van der Waals surface area contributed by atoms with Crippen LogP contribution in [-0.2, 0) is 9.47 Å². The number of esters is 2. The van der Waals surface area contributed by atoms with Crippen LogP contribution in [0.5, 0.6) is 0 Å². The van der Waals surface area contributed by atoms with Crippen molar-refractivity contribution in [2.24, 2.45) is 0 Å². The molecule has 1 rings (SSSR count). The summed E-state index contributed by atoms with van der Waals surface area (Å²) in [7, 11) is 2.34. The van der Waals surface area contributed by atoms with Crippen molar-refractivity contribution in [1.82, 2.24) is 0 Å². The molecule has 0 spiro atoms. The lowest BCUT2D eigenvalue weighted by atomic mass is 10.0. The second kappa shape index (κ2) is 6.93. The van der Waals surface area contributed by atoms with Crippen molar-refractivity contribution in [3.63, 3.8) is 0 Å². The van der Waals surface area contributed by atoms with Crippen molar-refractivity contribution in [3.8, 4) is 11.8 Å². The van der Waals surface area contributed by atoms with Crippen LogP contribution in [0.25, 0.3) is 4.85 Å². The lowest BCUT2D eigenvalue weighted by Crippen LogP contribution is -2.12. The quantitative estimate of drug-likeness (QED) is 0.497. The summed E-state index contributed by atoms with van der Waals surface area (Å²) >= 11 is 0. The molecule has 0 aliphatic carbocycles. The van der Waals surface area contributed by atoms with Crippen LogP contribution in [-0.4, -0.2) is 37.9 Å².